The monoisotopic (exact) mass is 419 g/mol. The van der Waals surface area contributed by atoms with Crippen molar-refractivity contribution in [2.45, 2.75) is 18.9 Å². The summed E-state index contributed by atoms with van der Waals surface area (Å²) >= 11 is 0. The second-order valence-electron chi connectivity index (χ2n) is 6.89. The van der Waals surface area contributed by atoms with Gasteiger partial charge in [0.25, 0.3) is 5.91 Å². The summed E-state index contributed by atoms with van der Waals surface area (Å²) in [6.07, 6.45) is -1.02. The third kappa shape index (κ3) is 5.42. The molecule has 0 heterocycles. The van der Waals surface area contributed by atoms with Gasteiger partial charge < -0.3 is 19.5 Å². The van der Waals surface area contributed by atoms with E-state index in [1.165, 1.54) is 21.1 Å². The SMILES string of the molecule is COc1ccc(OC)c(NC(=O)C(C)OC(=O)C(c2ccccc2)c2ccccc2)c1. The minimum absolute atomic E-state index is 0.428. The zero-order valence-electron chi connectivity index (χ0n) is 17.7. The van der Waals surface area contributed by atoms with E-state index in [0.29, 0.717) is 17.2 Å². The number of hydrogen-bond donors (Lipinski definition) is 1. The molecular weight excluding hydrogens is 394 g/mol. The molecule has 0 spiro atoms. The van der Waals surface area contributed by atoms with E-state index >= 15 is 0 Å². The lowest BCUT2D eigenvalue weighted by Gasteiger charge is -2.20. The molecule has 1 unspecified atom stereocenters. The Morgan fingerprint density at radius 3 is 1.90 bits per heavy atom. The van der Waals surface area contributed by atoms with Gasteiger partial charge in [-0.15, -0.1) is 0 Å². The molecule has 3 aromatic rings. The number of amides is 1. The van der Waals surface area contributed by atoms with Crippen LogP contribution in [-0.4, -0.2) is 32.2 Å². The standard InChI is InChI=1S/C25H25NO5/c1-17(24(27)26-21-16-20(29-2)14-15-22(21)30-3)31-25(28)23(18-10-6-4-7-11-18)19-12-8-5-9-13-19/h4-17,23H,1-3H3,(H,26,27). The normalized spacial score (nSPS) is 11.5. The number of rotatable bonds is 8. The molecule has 0 aliphatic rings. The van der Waals surface area contributed by atoms with Crippen LogP contribution in [0.15, 0.2) is 78.9 Å². The van der Waals surface area contributed by atoms with E-state index in [-0.39, 0.29) is 0 Å². The third-order valence-electron chi connectivity index (χ3n) is 4.83. The van der Waals surface area contributed by atoms with Gasteiger partial charge in [0.2, 0.25) is 0 Å². The van der Waals surface area contributed by atoms with Crippen molar-refractivity contribution in [2.24, 2.45) is 0 Å². The van der Waals surface area contributed by atoms with Gasteiger partial charge in [-0.05, 0) is 30.2 Å². The minimum Gasteiger partial charge on any atom is -0.497 e. The highest BCUT2D eigenvalue weighted by Gasteiger charge is 2.28. The van der Waals surface area contributed by atoms with E-state index in [1.807, 2.05) is 60.7 Å². The molecule has 0 aliphatic heterocycles. The molecule has 3 rings (SSSR count). The maximum atomic E-state index is 13.1. The molecule has 0 fully saturated rings. The number of ether oxygens (including phenoxy) is 3. The molecule has 0 bridgehead atoms. The largest absolute Gasteiger partial charge is 0.497 e. The summed E-state index contributed by atoms with van der Waals surface area (Å²) in [5.41, 5.74) is 2.01. The molecular formula is C25H25NO5. The Labute approximate surface area is 181 Å². The average Bonchev–Trinajstić information content (AvgIpc) is 2.80. The first-order valence-corrected chi connectivity index (χ1v) is 9.86. The van der Waals surface area contributed by atoms with Crippen molar-refractivity contribution in [3.8, 4) is 11.5 Å². The summed E-state index contributed by atoms with van der Waals surface area (Å²) in [5.74, 6) is -0.575. The lowest BCUT2D eigenvalue weighted by Crippen LogP contribution is -2.32. The first-order chi connectivity index (χ1) is 15.0. The van der Waals surface area contributed by atoms with Crippen LogP contribution in [0.25, 0.3) is 0 Å². The summed E-state index contributed by atoms with van der Waals surface area (Å²) in [6, 6.07) is 23.7. The number of carbonyl (C=O) groups excluding carboxylic acids is 2. The molecule has 6 nitrogen and oxygen atoms in total. The highest BCUT2D eigenvalue weighted by atomic mass is 16.5. The van der Waals surface area contributed by atoms with E-state index in [4.69, 9.17) is 14.2 Å². The third-order valence-corrected chi connectivity index (χ3v) is 4.83. The van der Waals surface area contributed by atoms with Crippen LogP contribution in [0.3, 0.4) is 0 Å². The van der Waals surface area contributed by atoms with Gasteiger partial charge in [-0.2, -0.15) is 0 Å². The fourth-order valence-corrected chi connectivity index (χ4v) is 3.20. The van der Waals surface area contributed by atoms with Crippen molar-refractivity contribution in [3.05, 3.63) is 90.0 Å². The van der Waals surface area contributed by atoms with Crippen molar-refractivity contribution >= 4 is 17.6 Å². The number of methoxy groups -OCH3 is 2. The van der Waals surface area contributed by atoms with Crippen LogP contribution in [0.1, 0.15) is 24.0 Å². The van der Waals surface area contributed by atoms with E-state index in [1.54, 1.807) is 18.2 Å². The van der Waals surface area contributed by atoms with Crippen LogP contribution >= 0.6 is 0 Å². The molecule has 0 aromatic heterocycles. The number of esters is 1. The zero-order valence-corrected chi connectivity index (χ0v) is 17.7. The number of hydrogen-bond acceptors (Lipinski definition) is 5. The Bertz CT molecular complexity index is 981. The Kier molecular flexibility index (Phi) is 7.27. The van der Waals surface area contributed by atoms with Gasteiger partial charge in [0.15, 0.2) is 6.10 Å². The number of nitrogens with one attached hydrogen (secondary N) is 1. The van der Waals surface area contributed by atoms with Gasteiger partial charge in [-0.25, -0.2) is 0 Å². The number of carbonyl (C=O) groups is 2. The predicted molar refractivity (Wildman–Crippen MR) is 118 cm³/mol. The van der Waals surface area contributed by atoms with E-state index in [2.05, 4.69) is 5.32 Å². The zero-order chi connectivity index (χ0) is 22.2. The number of anilines is 1. The Morgan fingerprint density at radius 2 is 1.39 bits per heavy atom. The predicted octanol–water partition coefficient (Wildman–Crippen LogP) is 4.41. The molecule has 6 heteroatoms. The van der Waals surface area contributed by atoms with E-state index in [0.717, 1.165) is 11.1 Å². The van der Waals surface area contributed by atoms with Crippen molar-refractivity contribution in [3.63, 3.8) is 0 Å². The second-order valence-corrected chi connectivity index (χ2v) is 6.89. The molecule has 1 amide bonds. The summed E-state index contributed by atoms with van der Waals surface area (Å²) < 4.78 is 16.0. The van der Waals surface area contributed by atoms with Crippen LogP contribution in [0.5, 0.6) is 11.5 Å². The van der Waals surface area contributed by atoms with E-state index < -0.39 is 23.9 Å². The maximum Gasteiger partial charge on any atom is 0.318 e. The topological polar surface area (TPSA) is 73.9 Å². The van der Waals surface area contributed by atoms with Gasteiger partial charge >= 0.3 is 5.97 Å². The van der Waals surface area contributed by atoms with Crippen LogP contribution in [0.2, 0.25) is 0 Å². The lowest BCUT2D eigenvalue weighted by atomic mass is 9.91. The second kappa shape index (κ2) is 10.3. The summed E-state index contributed by atoms with van der Waals surface area (Å²) in [4.78, 5) is 25.8. The van der Waals surface area contributed by atoms with Crippen molar-refractivity contribution < 1.29 is 23.8 Å². The molecule has 1 atom stereocenters. The molecule has 0 aliphatic carbocycles. The van der Waals surface area contributed by atoms with Gasteiger partial charge in [0.05, 0.1) is 19.9 Å². The Morgan fingerprint density at radius 1 is 0.806 bits per heavy atom. The molecule has 0 radical (unpaired) electrons. The molecule has 1 N–H and O–H groups in total. The quantitative estimate of drug-likeness (QED) is 0.548. The molecule has 0 saturated heterocycles. The van der Waals surface area contributed by atoms with Gasteiger partial charge in [0, 0.05) is 6.07 Å². The van der Waals surface area contributed by atoms with Gasteiger partial charge in [-0.3, -0.25) is 9.59 Å². The first-order valence-electron chi connectivity index (χ1n) is 9.86. The fraction of sp³-hybridized carbons (Fsp3) is 0.200. The Balaban J connectivity index is 1.77. The van der Waals surface area contributed by atoms with Gasteiger partial charge in [0.1, 0.15) is 17.4 Å². The average molecular weight is 419 g/mol. The maximum absolute atomic E-state index is 13.1. The highest BCUT2D eigenvalue weighted by molar-refractivity contribution is 5.97. The summed E-state index contributed by atoms with van der Waals surface area (Å²) in [7, 11) is 3.04. The van der Waals surface area contributed by atoms with E-state index in [9.17, 15) is 9.59 Å². The van der Waals surface area contributed by atoms with Crippen LogP contribution in [0.4, 0.5) is 5.69 Å². The van der Waals surface area contributed by atoms with Crippen molar-refractivity contribution in [1.29, 1.82) is 0 Å². The first kappa shape index (κ1) is 21.9. The molecule has 160 valence electrons. The minimum atomic E-state index is -1.02. The van der Waals surface area contributed by atoms with Crippen molar-refractivity contribution in [1.82, 2.24) is 0 Å². The fourth-order valence-electron chi connectivity index (χ4n) is 3.20. The van der Waals surface area contributed by atoms with Crippen LogP contribution < -0.4 is 14.8 Å². The Hall–Kier alpha value is -3.80. The molecule has 3 aromatic carbocycles. The number of benzene rings is 3. The molecule has 31 heavy (non-hydrogen) atoms. The molecule has 0 saturated carbocycles. The summed E-state index contributed by atoms with van der Waals surface area (Å²) in [5, 5.41) is 2.74. The van der Waals surface area contributed by atoms with Crippen LogP contribution in [0, 0.1) is 0 Å². The highest BCUT2D eigenvalue weighted by Crippen LogP contribution is 2.30. The summed E-state index contributed by atoms with van der Waals surface area (Å²) in [6.45, 7) is 1.53. The van der Waals surface area contributed by atoms with Gasteiger partial charge in [-0.1, -0.05) is 60.7 Å². The van der Waals surface area contributed by atoms with Crippen molar-refractivity contribution in [2.75, 3.05) is 19.5 Å². The van der Waals surface area contributed by atoms with Crippen LogP contribution in [-0.2, 0) is 14.3 Å². The smallest absolute Gasteiger partial charge is 0.318 e. The lowest BCUT2D eigenvalue weighted by molar-refractivity contribution is -0.153.